The number of carbonyl (C=O) groups excluding carboxylic acids is 2. The van der Waals surface area contributed by atoms with Crippen molar-refractivity contribution in [2.45, 2.75) is 6.92 Å². The maximum atomic E-state index is 13.2. The van der Waals surface area contributed by atoms with Gasteiger partial charge in [-0.3, -0.25) is 9.59 Å². The zero-order valence-electron chi connectivity index (χ0n) is 12.8. The predicted octanol–water partition coefficient (Wildman–Crippen LogP) is 3.61. The van der Waals surface area contributed by atoms with Crippen LogP contribution in [-0.4, -0.2) is 30.3 Å². The van der Waals surface area contributed by atoms with Crippen molar-refractivity contribution in [2.24, 2.45) is 0 Å². The Morgan fingerprint density at radius 2 is 1.96 bits per heavy atom. The summed E-state index contributed by atoms with van der Waals surface area (Å²) in [6.07, 6.45) is 0. The summed E-state index contributed by atoms with van der Waals surface area (Å²) in [7, 11) is 1.50. The molecule has 0 aliphatic carbocycles. The molecule has 0 unspecified atom stereocenters. The highest BCUT2D eigenvalue weighted by molar-refractivity contribution is 9.10. The Hall–Kier alpha value is -2.21. The van der Waals surface area contributed by atoms with Gasteiger partial charge in [0.15, 0.2) is 0 Å². The van der Waals surface area contributed by atoms with Crippen LogP contribution in [0.1, 0.15) is 15.9 Å². The van der Waals surface area contributed by atoms with Gasteiger partial charge in [-0.2, -0.15) is 0 Å². The van der Waals surface area contributed by atoms with Gasteiger partial charge in [-0.25, -0.2) is 4.39 Å². The van der Waals surface area contributed by atoms with Crippen molar-refractivity contribution in [2.75, 3.05) is 18.9 Å². The molecule has 2 aromatic carbocycles. The first-order valence-electron chi connectivity index (χ1n) is 6.94. The molecule has 120 valence electrons. The number of anilines is 1. The van der Waals surface area contributed by atoms with E-state index in [4.69, 9.17) is 0 Å². The molecule has 2 aromatic rings. The molecule has 0 fully saturated rings. The van der Waals surface area contributed by atoms with Crippen LogP contribution in [-0.2, 0) is 4.79 Å². The van der Waals surface area contributed by atoms with Gasteiger partial charge in [0.25, 0.3) is 5.91 Å². The molecular formula is C17H16BrFN2O2. The molecule has 0 radical (unpaired) electrons. The third kappa shape index (κ3) is 4.63. The van der Waals surface area contributed by atoms with Crippen LogP contribution in [0.15, 0.2) is 46.9 Å². The highest BCUT2D eigenvalue weighted by Gasteiger charge is 2.16. The van der Waals surface area contributed by atoms with Crippen molar-refractivity contribution in [3.8, 4) is 0 Å². The Bertz CT molecular complexity index is 749. The monoisotopic (exact) mass is 378 g/mol. The van der Waals surface area contributed by atoms with Crippen LogP contribution in [0.3, 0.4) is 0 Å². The van der Waals surface area contributed by atoms with E-state index >= 15 is 0 Å². The second kappa shape index (κ2) is 7.37. The topological polar surface area (TPSA) is 49.4 Å². The van der Waals surface area contributed by atoms with Gasteiger partial charge < -0.3 is 10.2 Å². The summed E-state index contributed by atoms with van der Waals surface area (Å²) in [5, 5.41) is 2.76. The average Bonchev–Trinajstić information content (AvgIpc) is 2.49. The van der Waals surface area contributed by atoms with Crippen LogP contribution in [0.2, 0.25) is 0 Å². The molecule has 2 rings (SSSR count). The van der Waals surface area contributed by atoms with Gasteiger partial charge >= 0.3 is 0 Å². The normalized spacial score (nSPS) is 10.3. The molecule has 4 nitrogen and oxygen atoms in total. The fourth-order valence-corrected chi connectivity index (χ4v) is 2.56. The lowest BCUT2D eigenvalue weighted by Crippen LogP contribution is -2.35. The summed E-state index contributed by atoms with van der Waals surface area (Å²) in [5.41, 5.74) is 1.80. The minimum absolute atomic E-state index is 0.120. The van der Waals surface area contributed by atoms with Crippen molar-refractivity contribution in [3.05, 3.63) is 63.9 Å². The SMILES string of the molecule is Cc1cc(Br)ccc1NC(=O)CN(C)C(=O)c1cccc(F)c1. The third-order valence-electron chi connectivity index (χ3n) is 3.26. The summed E-state index contributed by atoms with van der Waals surface area (Å²) in [4.78, 5) is 25.5. The fraction of sp³-hybridized carbons (Fsp3) is 0.176. The minimum atomic E-state index is -0.487. The number of rotatable bonds is 4. The first-order chi connectivity index (χ1) is 10.9. The molecule has 0 bridgehead atoms. The van der Waals surface area contributed by atoms with Crippen molar-refractivity contribution in [1.82, 2.24) is 4.90 Å². The minimum Gasteiger partial charge on any atom is -0.332 e. The lowest BCUT2D eigenvalue weighted by molar-refractivity contribution is -0.116. The second-order valence-electron chi connectivity index (χ2n) is 5.18. The summed E-state index contributed by atoms with van der Waals surface area (Å²) in [6.45, 7) is 1.76. The number of benzene rings is 2. The lowest BCUT2D eigenvalue weighted by atomic mass is 10.2. The molecule has 0 aromatic heterocycles. The Labute approximate surface area is 142 Å². The number of likely N-dealkylation sites (N-methyl/N-ethyl adjacent to an activating group) is 1. The van der Waals surface area contributed by atoms with Crippen molar-refractivity contribution in [1.29, 1.82) is 0 Å². The lowest BCUT2D eigenvalue weighted by Gasteiger charge is -2.17. The van der Waals surface area contributed by atoms with Crippen LogP contribution < -0.4 is 5.32 Å². The number of halogens is 2. The third-order valence-corrected chi connectivity index (χ3v) is 3.75. The maximum absolute atomic E-state index is 13.2. The van der Waals surface area contributed by atoms with E-state index in [1.165, 1.54) is 30.1 Å². The fourth-order valence-electron chi connectivity index (χ4n) is 2.09. The Morgan fingerprint density at radius 1 is 1.22 bits per heavy atom. The second-order valence-corrected chi connectivity index (χ2v) is 6.09. The van der Waals surface area contributed by atoms with E-state index in [0.717, 1.165) is 16.1 Å². The van der Waals surface area contributed by atoms with Crippen LogP contribution in [0, 0.1) is 12.7 Å². The quantitative estimate of drug-likeness (QED) is 0.883. The summed E-state index contributed by atoms with van der Waals surface area (Å²) < 4.78 is 14.1. The number of nitrogens with zero attached hydrogens (tertiary/aromatic N) is 1. The molecule has 1 N–H and O–H groups in total. The summed E-state index contributed by atoms with van der Waals surface area (Å²) >= 11 is 3.36. The van der Waals surface area contributed by atoms with Crippen molar-refractivity contribution >= 4 is 33.4 Å². The zero-order valence-corrected chi connectivity index (χ0v) is 14.4. The number of amides is 2. The zero-order chi connectivity index (χ0) is 17.0. The highest BCUT2D eigenvalue weighted by atomic mass is 79.9. The van der Waals surface area contributed by atoms with Crippen LogP contribution in [0.4, 0.5) is 10.1 Å². The van der Waals surface area contributed by atoms with E-state index in [1.54, 1.807) is 6.07 Å². The van der Waals surface area contributed by atoms with Gasteiger partial charge in [-0.05, 0) is 48.9 Å². The highest BCUT2D eigenvalue weighted by Crippen LogP contribution is 2.20. The standard InChI is InChI=1S/C17H16BrFN2O2/c1-11-8-13(18)6-7-15(11)20-16(22)10-21(2)17(23)12-4-3-5-14(19)9-12/h3-9H,10H2,1-2H3,(H,20,22). The van der Waals surface area contributed by atoms with Gasteiger partial charge in [0.1, 0.15) is 5.82 Å². The summed E-state index contributed by atoms with van der Waals surface area (Å²) in [6, 6.07) is 10.9. The van der Waals surface area contributed by atoms with Gasteiger partial charge in [0.2, 0.25) is 5.91 Å². The van der Waals surface area contributed by atoms with E-state index in [2.05, 4.69) is 21.2 Å². The molecule has 0 saturated heterocycles. The smallest absolute Gasteiger partial charge is 0.254 e. The Morgan fingerprint density at radius 3 is 2.61 bits per heavy atom. The first-order valence-corrected chi connectivity index (χ1v) is 7.73. The van der Waals surface area contributed by atoms with Gasteiger partial charge in [0.05, 0.1) is 6.54 Å². The van der Waals surface area contributed by atoms with Crippen LogP contribution in [0.25, 0.3) is 0 Å². The molecule has 6 heteroatoms. The maximum Gasteiger partial charge on any atom is 0.254 e. The number of carbonyl (C=O) groups is 2. The molecule has 23 heavy (non-hydrogen) atoms. The number of hydrogen-bond acceptors (Lipinski definition) is 2. The molecular weight excluding hydrogens is 363 g/mol. The Kier molecular flexibility index (Phi) is 5.50. The van der Waals surface area contributed by atoms with E-state index in [9.17, 15) is 14.0 Å². The molecule has 0 aliphatic rings. The molecule has 0 saturated carbocycles. The van der Waals surface area contributed by atoms with E-state index in [1.807, 2.05) is 19.1 Å². The van der Waals surface area contributed by atoms with Crippen molar-refractivity contribution in [3.63, 3.8) is 0 Å². The van der Waals surface area contributed by atoms with E-state index < -0.39 is 11.7 Å². The average molecular weight is 379 g/mol. The predicted molar refractivity (Wildman–Crippen MR) is 90.9 cm³/mol. The molecule has 0 aliphatic heterocycles. The number of aryl methyl sites for hydroxylation is 1. The largest absolute Gasteiger partial charge is 0.332 e. The van der Waals surface area contributed by atoms with Gasteiger partial charge in [0, 0.05) is 22.8 Å². The van der Waals surface area contributed by atoms with E-state index in [0.29, 0.717) is 5.69 Å². The van der Waals surface area contributed by atoms with Crippen LogP contribution in [0.5, 0.6) is 0 Å². The number of hydrogen-bond donors (Lipinski definition) is 1. The molecule has 0 atom stereocenters. The van der Waals surface area contributed by atoms with Crippen LogP contribution >= 0.6 is 15.9 Å². The number of nitrogens with one attached hydrogen (secondary N) is 1. The molecule has 0 spiro atoms. The Balaban J connectivity index is 2.00. The molecule has 0 heterocycles. The van der Waals surface area contributed by atoms with Gasteiger partial charge in [-0.15, -0.1) is 0 Å². The van der Waals surface area contributed by atoms with Crippen molar-refractivity contribution < 1.29 is 14.0 Å². The first kappa shape index (κ1) is 17.1. The molecule has 2 amide bonds. The summed E-state index contributed by atoms with van der Waals surface area (Å²) in [5.74, 6) is -1.21. The van der Waals surface area contributed by atoms with Gasteiger partial charge in [-0.1, -0.05) is 22.0 Å². The van der Waals surface area contributed by atoms with E-state index in [-0.39, 0.29) is 18.0 Å².